The molecule has 0 aliphatic carbocycles. The third-order valence-corrected chi connectivity index (χ3v) is 7.75. The molecule has 1 aliphatic heterocycles. The average molecular weight is 560 g/mol. The number of carbonyl (C=O) groups excluding carboxylic acids is 1. The Bertz CT molecular complexity index is 1540. The van der Waals surface area contributed by atoms with Gasteiger partial charge < -0.3 is 25.2 Å². The average Bonchev–Trinajstić information content (AvgIpc) is 3.40. The molecule has 0 radical (unpaired) electrons. The second-order valence-electron chi connectivity index (χ2n) is 9.73. The molecule has 1 fully saturated rings. The van der Waals surface area contributed by atoms with Gasteiger partial charge >= 0.3 is 0 Å². The number of phenols is 1. The number of phenolic OH excluding ortho intramolecular Hbond substituents is 1. The number of rotatable bonds is 7. The topological polar surface area (TPSA) is 82.4 Å². The number of aryl methyl sites for hydroxylation is 2. The van der Waals surface area contributed by atoms with Crippen LogP contribution in [0.3, 0.4) is 0 Å². The van der Waals surface area contributed by atoms with Crippen LogP contribution in [0.1, 0.15) is 46.7 Å². The summed E-state index contributed by atoms with van der Waals surface area (Å²) in [7, 11) is 0. The van der Waals surface area contributed by atoms with Crippen LogP contribution >= 0.6 is 23.8 Å². The first-order chi connectivity index (χ1) is 18.7. The van der Waals surface area contributed by atoms with Crippen molar-refractivity contribution in [1.82, 2.24) is 19.8 Å². The lowest BCUT2D eigenvalue weighted by Gasteiger charge is -2.28. The molecule has 0 saturated carbocycles. The molecule has 0 bridgehead atoms. The normalized spacial score (nSPS) is 16.8. The van der Waals surface area contributed by atoms with Gasteiger partial charge in [-0.3, -0.25) is 9.78 Å². The number of hydrogen-bond donors (Lipinski definition) is 3. The van der Waals surface area contributed by atoms with Crippen molar-refractivity contribution in [2.75, 3.05) is 11.9 Å². The van der Waals surface area contributed by atoms with Crippen molar-refractivity contribution >= 4 is 40.5 Å². The van der Waals surface area contributed by atoms with Gasteiger partial charge in [-0.2, -0.15) is 0 Å². The summed E-state index contributed by atoms with van der Waals surface area (Å²) in [6.45, 7) is 6.40. The van der Waals surface area contributed by atoms with Crippen molar-refractivity contribution in [3.63, 3.8) is 0 Å². The number of pyridine rings is 1. The minimum absolute atomic E-state index is 0.0820. The summed E-state index contributed by atoms with van der Waals surface area (Å²) >= 11 is 12.1. The number of aromatic nitrogens is 2. The Hall–Kier alpha value is -3.88. The highest BCUT2D eigenvalue weighted by Crippen LogP contribution is 2.42. The molecule has 0 spiro atoms. The maximum atomic E-state index is 12.9. The summed E-state index contributed by atoms with van der Waals surface area (Å²) in [5.41, 5.74) is 6.18. The number of halogens is 1. The molecule has 9 heteroatoms. The fourth-order valence-corrected chi connectivity index (χ4v) is 5.76. The molecule has 1 saturated heterocycles. The van der Waals surface area contributed by atoms with E-state index in [0.717, 1.165) is 33.9 Å². The molecule has 2 unspecified atom stereocenters. The Kier molecular flexibility index (Phi) is 7.59. The Morgan fingerprint density at radius 1 is 1.10 bits per heavy atom. The molecule has 3 N–H and O–H groups in total. The summed E-state index contributed by atoms with van der Waals surface area (Å²) in [6, 6.07) is 20.2. The SMILES string of the molecule is Cc1ccccc1NC(=O)CCN1C(=S)NC(c2ccccn2)C1c1cc(C)n(-c2cc(Cl)ccc2O)c1C. The fraction of sp³-hybridized carbons (Fsp3) is 0.233. The lowest BCUT2D eigenvalue weighted by molar-refractivity contribution is -0.116. The van der Waals surface area contributed by atoms with E-state index in [-0.39, 0.29) is 30.2 Å². The highest BCUT2D eigenvalue weighted by atomic mass is 35.5. The number of aromatic hydroxyl groups is 1. The van der Waals surface area contributed by atoms with Crippen LogP contribution in [-0.4, -0.2) is 37.1 Å². The Morgan fingerprint density at radius 3 is 2.62 bits per heavy atom. The van der Waals surface area contributed by atoms with Gasteiger partial charge in [0.25, 0.3) is 0 Å². The van der Waals surface area contributed by atoms with Crippen LogP contribution < -0.4 is 10.6 Å². The number of anilines is 1. The first-order valence-corrected chi connectivity index (χ1v) is 13.5. The van der Waals surface area contributed by atoms with E-state index in [0.29, 0.717) is 22.4 Å². The van der Waals surface area contributed by atoms with Crippen LogP contribution in [0.25, 0.3) is 5.69 Å². The molecule has 3 heterocycles. The number of carbonyl (C=O) groups is 1. The van der Waals surface area contributed by atoms with E-state index in [2.05, 4.69) is 26.6 Å². The minimum Gasteiger partial charge on any atom is -0.506 e. The van der Waals surface area contributed by atoms with Crippen LogP contribution in [-0.2, 0) is 4.79 Å². The second-order valence-corrected chi connectivity index (χ2v) is 10.6. The number of amides is 1. The number of nitrogens with one attached hydrogen (secondary N) is 2. The molecule has 2 aromatic heterocycles. The molecule has 1 amide bonds. The molecule has 200 valence electrons. The largest absolute Gasteiger partial charge is 0.506 e. The molecule has 2 aromatic carbocycles. The predicted octanol–water partition coefficient (Wildman–Crippen LogP) is 6.16. The molecule has 4 aromatic rings. The zero-order valence-corrected chi connectivity index (χ0v) is 23.6. The Balaban J connectivity index is 1.50. The van der Waals surface area contributed by atoms with Crippen molar-refractivity contribution in [1.29, 1.82) is 0 Å². The van der Waals surface area contributed by atoms with Crippen molar-refractivity contribution < 1.29 is 9.90 Å². The van der Waals surface area contributed by atoms with Gasteiger partial charge in [0.2, 0.25) is 5.91 Å². The van der Waals surface area contributed by atoms with Crippen molar-refractivity contribution in [3.8, 4) is 11.4 Å². The Morgan fingerprint density at radius 2 is 1.87 bits per heavy atom. The van der Waals surface area contributed by atoms with Crippen LogP contribution in [0.15, 0.2) is 72.9 Å². The number of benzene rings is 2. The molecular weight excluding hydrogens is 530 g/mol. The number of para-hydroxylation sites is 1. The smallest absolute Gasteiger partial charge is 0.226 e. The van der Waals surface area contributed by atoms with Crippen LogP contribution in [0.5, 0.6) is 5.75 Å². The summed E-state index contributed by atoms with van der Waals surface area (Å²) in [5, 5.41) is 18.2. The monoisotopic (exact) mass is 559 g/mol. The van der Waals surface area contributed by atoms with Crippen molar-refractivity contribution in [3.05, 3.63) is 106 Å². The summed E-state index contributed by atoms with van der Waals surface area (Å²) in [4.78, 5) is 19.6. The number of hydrogen-bond acceptors (Lipinski definition) is 4. The highest BCUT2D eigenvalue weighted by molar-refractivity contribution is 7.80. The Labute approximate surface area is 238 Å². The lowest BCUT2D eigenvalue weighted by Crippen LogP contribution is -2.33. The van der Waals surface area contributed by atoms with E-state index in [1.54, 1.807) is 24.4 Å². The van der Waals surface area contributed by atoms with Gasteiger partial charge in [-0.15, -0.1) is 0 Å². The molecule has 2 atom stereocenters. The third-order valence-electron chi connectivity index (χ3n) is 7.16. The maximum absolute atomic E-state index is 12.9. The van der Waals surface area contributed by atoms with Gasteiger partial charge in [0.1, 0.15) is 5.75 Å². The molecule has 1 aliphatic rings. The number of nitrogens with zero attached hydrogens (tertiary/aromatic N) is 3. The minimum atomic E-state index is -0.222. The highest BCUT2D eigenvalue weighted by Gasteiger charge is 2.41. The summed E-state index contributed by atoms with van der Waals surface area (Å²) in [6.07, 6.45) is 2.03. The summed E-state index contributed by atoms with van der Waals surface area (Å²) < 4.78 is 2.00. The van der Waals surface area contributed by atoms with Gasteiger partial charge in [-0.1, -0.05) is 35.9 Å². The van der Waals surface area contributed by atoms with E-state index < -0.39 is 0 Å². The molecular formula is C30H30ClN5O2S. The van der Waals surface area contributed by atoms with Crippen LogP contribution in [0, 0.1) is 20.8 Å². The van der Waals surface area contributed by atoms with Crippen molar-refractivity contribution in [2.45, 2.75) is 39.3 Å². The van der Waals surface area contributed by atoms with E-state index in [4.69, 9.17) is 23.8 Å². The van der Waals surface area contributed by atoms with Crippen molar-refractivity contribution in [2.24, 2.45) is 0 Å². The second kappa shape index (κ2) is 11.1. The lowest BCUT2D eigenvalue weighted by atomic mass is 9.96. The first kappa shape index (κ1) is 26.7. The molecule has 7 nitrogen and oxygen atoms in total. The quantitative estimate of drug-likeness (QED) is 0.235. The fourth-order valence-electron chi connectivity index (χ4n) is 5.27. The summed E-state index contributed by atoms with van der Waals surface area (Å²) in [5.74, 6) is 0.0558. The molecule has 5 rings (SSSR count). The maximum Gasteiger partial charge on any atom is 0.226 e. The number of thiocarbonyl (C=S) groups is 1. The zero-order valence-electron chi connectivity index (χ0n) is 22.0. The standard InChI is InChI=1S/C30H30ClN5O2S/c1-18-8-4-5-9-23(18)33-27(38)13-15-35-29(28(34-30(35)39)24-10-6-7-14-32-24)22-16-19(2)36(20(22)3)25-17-21(31)11-12-26(25)37/h4-12,14,16-17,28-29,37H,13,15H2,1-3H3,(H,33,38)(H,34,39). The van der Waals surface area contributed by atoms with E-state index >= 15 is 0 Å². The predicted molar refractivity (Wildman–Crippen MR) is 159 cm³/mol. The molecule has 39 heavy (non-hydrogen) atoms. The van der Waals surface area contributed by atoms with Gasteiger partial charge in [0.15, 0.2) is 5.11 Å². The zero-order chi connectivity index (χ0) is 27.7. The van der Waals surface area contributed by atoms with Gasteiger partial charge in [0.05, 0.1) is 23.5 Å². The first-order valence-electron chi connectivity index (χ1n) is 12.8. The van der Waals surface area contributed by atoms with E-state index in [1.807, 2.05) is 67.8 Å². The van der Waals surface area contributed by atoms with Crippen LogP contribution in [0.2, 0.25) is 5.02 Å². The van der Waals surface area contributed by atoms with E-state index in [1.165, 1.54) is 0 Å². The third kappa shape index (κ3) is 5.35. The van der Waals surface area contributed by atoms with Crippen LogP contribution in [0.4, 0.5) is 5.69 Å². The van der Waals surface area contributed by atoms with Gasteiger partial charge in [0, 0.05) is 41.3 Å². The van der Waals surface area contributed by atoms with Gasteiger partial charge in [-0.25, -0.2) is 0 Å². The van der Waals surface area contributed by atoms with Gasteiger partial charge in [-0.05, 0) is 86.6 Å². The van der Waals surface area contributed by atoms with E-state index in [9.17, 15) is 9.90 Å².